The fourth-order valence-electron chi connectivity index (χ4n) is 2.16. The Kier molecular flexibility index (Phi) is 9.16. The number of aromatic hydroxyl groups is 1. The highest BCUT2D eigenvalue weighted by Crippen LogP contribution is 2.21. The molecule has 0 saturated heterocycles. The molecule has 1 heterocycles. The Bertz CT molecular complexity index is 617. The van der Waals surface area contributed by atoms with Gasteiger partial charge in [-0.3, -0.25) is 14.6 Å². The first kappa shape index (κ1) is 20.6. The van der Waals surface area contributed by atoms with Gasteiger partial charge in [0.2, 0.25) is 5.91 Å². The molecule has 0 aliphatic rings. The highest BCUT2D eigenvalue weighted by Gasteiger charge is 2.09. The standard InChI is InChI=1S/C17H25N3O5/c1-12-17(24)14(13(11-21)9-18-12)10-19-20-15(22)7-5-3-4-6-8-16(23)25-2/h9-10,21,24H,3-8,11H2,1-2H3,(H,20,22)/b19-10+. The van der Waals surface area contributed by atoms with Crippen molar-refractivity contribution < 1.29 is 24.5 Å². The molecule has 8 nitrogen and oxygen atoms in total. The Labute approximate surface area is 146 Å². The van der Waals surface area contributed by atoms with Crippen molar-refractivity contribution in [2.24, 2.45) is 5.10 Å². The number of hydrazone groups is 1. The van der Waals surface area contributed by atoms with Crippen molar-refractivity contribution in [3.8, 4) is 5.75 Å². The van der Waals surface area contributed by atoms with E-state index in [2.05, 4.69) is 20.2 Å². The van der Waals surface area contributed by atoms with E-state index < -0.39 is 0 Å². The van der Waals surface area contributed by atoms with Crippen molar-refractivity contribution in [2.75, 3.05) is 7.11 Å². The summed E-state index contributed by atoms with van der Waals surface area (Å²) in [7, 11) is 1.36. The topological polar surface area (TPSA) is 121 Å². The number of rotatable bonds is 10. The molecule has 1 aromatic rings. The van der Waals surface area contributed by atoms with Crippen LogP contribution in [-0.2, 0) is 20.9 Å². The Morgan fingerprint density at radius 1 is 1.28 bits per heavy atom. The molecule has 0 unspecified atom stereocenters. The van der Waals surface area contributed by atoms with Gasteiger partial charge in [0.05, 0.1) is 25.6 Å². The summed E-state index contributed by atoms with van der Waals surface area (Å²) in [6, 6.07) is 0. The van der Waals surface area contributed by atoms with Crippen LogP contribution in [0.4, 0.5) is 0 Å². The minimum atomic E-state index is -0.290. The summed E-state index contributed by atoms with van der Waals surface area (Å²) in [6.07, 6.45) is 6.61. The van der Waals surface area contributed by atoms with Gasteiger partial charge in [-0.25, -0.2) is 5.43 Å². The first-order valence-corrected chi connectivity index (χ1v) is 8.16. The summed E-state index contributed by atoms with van der Waals surface area (Å²) in [5.41, 5.74) is 3.56. The molecule has 8 heteroatoms. The second-order valence-corrected chi connectivity index (χ2v) is 5.57. The number of ether oxygens (including phenoxy) is 1. The minimum absolute atomic E-state index is 0.0739. The van der Waals surface area contributed by atoms with Crippen LogP contribution in [-0.4, -0.2) is 40.4 Å². The van der Waals surface area contributed by atoms with Crippen LogP contribution in [0, 0.1) is 6.92 Å². The summed E-state index contributed by atoms with van der Waals surface area (Å²) < 4.78 is 4.55. The molecule has 0 aromatic carbocycles. The normalized spacial score (nSPS) is 10.8. The molecule has 0 aliphatic heterocycles. The number of aryl methyl sites for hydroxylation is 1. The number of methoxy groups -OCH3 is 1. The SMILES string of the molecule is COC(=O)CCCCCCC(=O)N/N=C/c1c(CO)cnc(C)c1O. The number of nitrogens with one attached hydrogen (secondary N) is 1. The number of carbonyl (C=O) groups is 2. The number of aromatic nitrogens is 1. The molecular weight excluding hydrogens is 326 g/mol. The van der Waals surface area contributed by atoms with E-state index in [1.807, 2.05) is 0 Å². The zero-order valence-corrected chi connectivity index (χ0v) is 14.6. The molecule has 0 radical (unpaired) electrons. The first-order valence-electron chi connectivity index (χ1n) is 8.16. The molecule has 0 saturated carbocycles. The highest BCUT2D eigenvalue weighted by molar-refractivity contribution is 5.87. The van der Waals surface area contributed by atoms with Crippen LogP contribution in [0.3, 0.4) is 0 Å². The zero-order valence-electron chi connectivity index (χ0n) is 14.6. The number of hydrogen-bond donors (Lipinski definition) is 3. The van der Waals surface area contributed by atoms with Crippen molar-refractivity contribution in [3.05, 3.63) is 23.0 Å². The lowest BCUT2D eigenvalue weighted by atomic mass is 10.1. The van der Waals surface area contributed by atoms with Crippen molar-refractivity contribution in [2.45, 2.75) is 52.1 Å². The number of esters is 1. The van der Waals surface area contributed by atoms with Crippen LogP contribution in [0.25, 0.3) is 0 Å². The van der Waals surface area contributed by atoms with E-state index in [1.165, 1.54) is 19.5 Å². The van der Waals surface area contributed by atoms with E-state index in [-0.39, 0.29) is 24.2 Å². The van der Waals surface area contributed by atoms with Crippen molar-refractivity contribution in [3.63, 3.8) is 0 Å². The van der Waals surface area contributed by atoms with Gasteiger partial charge < -0.3 is 14.9 Å². The molecule has 1 rings (SSSR count). The van der Waals surface area contributed by atoms with Crippen LogP contribution < -0.4 is 5.43 Å². The molecule has 0 aliphatic carbocycles. The Hall–Kier alpha value is -2.48. The maximum absolute atomic E-state index is 11.7. The Morgan fingerprint density at radius 2 is 1.96 bits per heavy atom. The van der Waals surface area contributed by atoms with Crippen LogP contribution in [0.15, 0.2) is 11.3 Å². The van der Waals surface area contributed by atoms with E-state index in [0.717, 1.165) is 19.3 Å². The molecular formula is C17H25N3O5. The van der Waals surface area contributed by atoms with Gasteiger partial charge in [-0.15, -0.1) is 0 Å². The van der Waals surface area contributed by atoms with Gasteiger partial charge in [0.15, 0.2) is 0 Å². The van der Waals surface area contributed by atoms with Crippen molar-refractivity contribution >= 4 is 18.1 Å². The average Bonchev–Trinajstić information content (AvgIpc) is 2.61. The highest BCUT2D eigenvalue weighted by atomic mass is 16.5. The maximum atomic E-state index is 11.7. The summed E-state index contributed by atoms with van der Waals surface area (Å²) in [4.78, 5) is 26.6. The van der Waals surface area contributed by atoms with Crippen molar-refractivity contribution in [1.29, 1.82) is 0 Å². The van der Waals surface area contributed by atoms with Gasteiger partial charge in [0.25, 0.3) is 0 Å². The molecule has 0 spiro atoms. The lowest BCUT2D eigenvalue weighted by Crippen LogP contribution is -2.17. The monoisotopic (exact) mass is 351 g/mol. The van der Waals surface area contributed by atoms with Crippen LogP contribution >= 0.6 is 0 Å². The number of carbonyl (C=O) groups excluding carboxylic acids is 2. The lowest BCUT2D eigenvalue weighted by Gasteiger charge is -2.07. The van der Waals surface area contributed by atoms with E-state index in [1.54, 1.807) is 6.92 Å². The first-order chi connectivity index (χ1) is 12.0. The Morgan fingerprint density at radius 3 is 2.60 bits per heavy atom. The van der Waals surface area contributed by atoms with E-state index in [4.69, 9.17) is 0 Å². The molecule has 0 atom stereocenters. The third-order valence-electron chi connectivity index (χ3n) is 3.67. The quantitative estimate of drug-likeness (QED) is 0.254. The average molecular weight is 351 g/mol. The van der Waals surface area contributed by atoms with Crippen molar-refractivity contribution in [1.82, 2.24) is 10.4 Å². The molecule has 3 N–H and O–H groups in total. The van der Waals surface area contributed by atoms with Gasteiger partial charge in [0, 0.05) is 30.2 Å². The zero-order chi connectivity index (χ0) is 18.7. The predicted octanol–water partition coefficient (Wildman–Crippen LogP) is 1.55. The van der Waals surface area contributed by atoms with Crippen LogP contribution in [0.2, 0.25) is 0 Å². The third-order valence-corrected chi connectivity index (χ3v) is 3.67. The van der Waals surface area contributed by atoms with Gasteiger partial charge in [-0.05, 0) is 19.8 Å². The van der Waals surface area contributed by atoms with Gasteiger partial charge in [-0.2, -0.15) is 5.10 Å². The number of unbranched alkanes of at least 4 members (excludes halogenated alkanes) is 3. The Balaban J connectivity index is 2.34. The number of aliphatic hydroxyl groups excluding tert-OH is 1. The number of nitrogens with zero attached hydrogens (tertiary/aromatic N) is 2. The number of pyridine rings is 1. The fourth-order valence-corrected chi connectivity index (χ4v) is 2.16. The van der Waals surface area contributed by atoms with Gasteiger partial charge in [0.1, 0.15) is 5.75 Å². The molecule has 1 amide bonds. The number of hydrogen-bond acceptors (Lipinski definition) is 7. The molecule has 0 fully saturated rings. The molecule has 1 aromatic heterocycles. The summed E-state index contributed by atoms with van der Waals surface area (Å²) in [5, 5.41) is 23.0. The summed E-state index contributed by atoms with van der Waals surface area (Å²) in [5.74, 6) is -0.529. The largest absolute Gasteiger partial charge is 0.505 e. The second kappa shape index (κ2) is 11.1. The van der Waals surface area contributed by atoms with Gasteiger partial charge >= 0.3 is 5.97 Å². The van der Waals surface area contributed by atoms with Crippen LogP contribution in [0.5, 0.6) is 5.75 Å². The van der Waals surface area contributed by atoms with E-state index in [9.17, 15) is 19.8 Å². The number of aliphatic hydroxyl groups is 1. The summed E-state index contributed by atoms with van der Waals surface area (Å²) >= 11 is 0. The van der Waals surface area contributed by atoms with E-state index >= 15 is 0 Å². The lowest BCUT2D eigenvalue weighted by molar-refractivity contribution is -0.140. The summed E-state index contributed by atoms with van der Waals surface area (Å²) in [6.45, 7) is 1.34. The maximum Gasteiger partial charge on any atom is 0.305 e. The fraction of sp³-hybridized carbons (Fsp3) is 0.529. The van der Waals surface area contributed by atoms with Gasteiger partial charge in [-0.1, -0.05) is 12.8 Å². The molecule has 25 heavy (non-hydrogen) atoms. The minimum Gasteiger partial charge on any atom is -0.505 e. The predicted molar refractivity (Wildman–Crippen MR) is 92.0 cm³/mol. The number of amides is 1. The smallest absolute Gasteiger partial charge is 0.305 e. The molecule has 138 valence electrons. The van der Waals surface area contributed by atoms with Crippen LogP contribution in [0.1, 0.15) is 55.3 Å². The second-order valence-electron chi connectivity index (χ2n) is 5.57. The third kappa shape index (κ3) is 7.30. The van der Waals surface area contributed by atoms with E-state index in [0.29, 0.717) is 36.1 Å². The molecule has 0 bridgehead atoms.